The van der Waals surface area contributed by atoms with Crippen LogP contribution in [0.15, 0.2) is 35.4 Å². The van der Waals surface area contributed by atoms with E-state index in [4.69, 9.17) is 0 Å². The maximum atomic E-state index is 12.6. The summed E-state index contributed by atoms with van der Waals surface area (Å²) < 4.78 is 29.5. The molecule has 1 N–H and O–H groups in total. The number of aromatic nitrogens is 2. The number of sulfonamides is 1. The molecule has 1 aliphatic heterocycles. The first-order chi connectivity index (χ1) is 11.9. The molecule has 0 radical (unpaired) electrons. The van der Waals surface area contributed by atoms with Crippen molar-refractivity contribution in [2.24, 2.45) is 13.0 Å². The zero-order chi connectivity index (χ0) is 18.0. The monoisotopic (exact) mass is 362 g/mol. The highest BCUT2D eigenvalue weighted by atomic mass is 32.2. The Labute approximate surface area is 149 Å². The van der Waals surface area contributed by atoms with E-state index in [2.05, 4.69) is 27.7 Å². The summed E-state index contributed by atoms with van der Waals surface area (Å²) >= 11 is 0. The third-order valence-corrected chi connectivity index (χ3v) is 6.43. The molecular weight excluding hydrogens is 336 g/mol. The summed E-state index contributed by atoms with van der Waals surface area (Å²) in [5.41, 5.74) is 2.76. The van der Waals surface area contributed by atoms with Crippen molar-refractivity contribution in [3.63, 3.8) is 0 Å². The molecule has 1 atom stereocenters. The lowest BCUT2D eigenvalue weighted by atomic mass is 9.99. The fourth-order valence-corrected chi connectivity index (χ4v) is 4.58. The van der Waals surface area contributed by atoms with E-state index < -0.39 is 10.0 Å². The van der Waals surface area contributed by atoms with Crippen molar-refractivity contribution in [3.8, 4) is 0 Å². The van der Waals surface area contributed by atoms with Crippen LogP contribution in [0.2, 0.25) is 0 Å². The summed E-state index contributed by atoms with van der Waals surface area (Å²) in [7, 11) is -1.84. The lowest BCUT2D eigenvalue weighted by Gasteiger charge is -2.34. The molecule has 1 aromatic heterocycles. The Bertz CT molecular complexity index is 845. The highest BCUT2D eigenvalue weighted by Crippen LogP contribution is 2.26. The first-order valence-corrected chi connectivity index (χ1v) is 10.2. The van der Waals surface area contributed by atoms with Crippen molar-refractivity contribution in [3.05, 3.63) is 41.7 Å². The Hall–Kier alpha value is -1.86. The van der Waals surface area contributed by atoms with Crippen molar-refractivity contribution in [2.75, 3.05) is 18.0 Å². The van der Waals surface area contributed by atoms with Gasteiger partial charge in [-0.05, 0) is 37.3 Å². The minimum absolute atomic E-state index is 0.235. The van der Waals surface area contributed by atoms with Gasteiger partial charge >= 0.3 is 0 Å². The van der Waals surface area contributed by atoms with Gasteiger partial charge in [-0.2, -0.15) is 5.10 Å². The Kier molecular flexibility index (Phi) is 5.15. The summed E-state index contributed by atoms with van der Waals surface area (Å²) in [6.45, 7) is 6.34. The molecule has 25 heavy (non-hydrogen) atoms. The fourth-order valence-electron chi connectivity index (χ4n) is 3.37. The third kappa shape index (κ3) is 3.88. The largest absolute Gasteiger partial charge is 0.371 e. The van der Waals surface area contributed by atoms with Crippen molar-refractivity contribution in [2.45, 2.75) is 38.1 Å². The number of rotatable bonds is 5. The van der Waals surface area contributed by atoms with Crippen LogP contribution in [0, 0.1) is 12.8 Å². The van der Waals surface area contributed by atoms with Gasteiger partial charge < -0.3 is 4.90 Å². The van der Waals surface area contributed by atoms with Crippen LogP contribution in [-0.4, -0.2) is 31.3 Å². The smallest absolute Gasteiger partial charge is 0.244 e. The van der Waals surface area contributed by atoms with Gasteiger partial charge in [0.25, 0.3) is 0 Å². The van der Waals surface area contributed by atoms with Crippen LogP contribution < -0.4 is 9.62 Å². The summed E-state index contributed by atoms with van der Waals surface area (Å²) in [5, 5.41) is 4.03. The van der Waals surface area contributed by atoms with Gasteiger partial charge in [-0.3, -0.25) is 4.68 Å². The van der Waals surface area contributed by atoms with Gasteiger partial charge in [-0.1, -0.05) is 25.1 Å². The summed E-state index contributed by atoms with van der Waals surface area (Å²) in [5.74, 6) is 0.663. The van der Waals surface area contributed by atoms with Crippen LogP contribution in [-0.2, 0) is 23.6 Å². The molecule has 0 amide bonds. The SMILES string of the molecule is Cc1c(S(=O)(=O)NCc2ccccc2N2CCC[C@@H](C)C2)cnn1C. The van der Waals surface area contributed by atoms with E-state index in [0.717, 1.165) is 24.3 Å². The quantitative estimate of drug-likeness (QED) is 0.887. The van der Waals surface area contributed by atoms with E-state index in [1.54, 1.807) is 18.7 Å². The highest BCUT2D eigenvalue weighted by molar-refractivity contribution is 7.89. The average molecular weight is 362 g/mol. The van der Waals surface area contributed by atoms with E-state index in [0.29, 0.717) is 11.6 Å². The van der Waals surface area contributed by atoms with Crippen molar-refractivity contribution >= 4 is 15.7 Å². The molecule has 0 saturated carbocycles. The molecule has 0 unspecified atom stereocenters. The number of piperidine rings is 1. The highest BCUT2D eigenvalue weighted by Gasteiger charge is 2.22. The predicted molar refractivity (Wildman–Crippen MR) is 99.0 cm³/mol. The molecular formula is C18H26N4O2S. The maximum Gasteiger partial charge on any atom is 0.244 e. The van der Waals surface area contributed by atoms with Crippen molar-refractivity contribution < 1.29 is 8.42 Å². The average Bonchev–Trinajstić information content (AvgIpc) is 2.93. The number of hydrogen-bond donors (Lipinski definition) is 1. The summed E-state index contributed by atoms with van der Waals surface area (Å²) in [6.07, 6.45) is 3.83. The normalized spacial score (nSPS) is 18.5. The van der Waals surface area contributed by atoms with Crippen LogP contribution in [0.3, 0.4) is 0 Å². The lowest BCUT2D eigenvalue weighted by Crippen LogP contribution is -2.35. The number of hydrogen-bond acceptors (Lipinski definition) is 4. The van der Waals surface area contributed by atoms with Crippen molar-refractivity contribution in [1.29, 1.82) is 0 Å². The molecule has 1 aromatic carbocycles. The maximum absolute atomic E-state index is 12.6. The Morgan fingerprint density at radius 1 is 1.32 bits per heavy atom. The predicted octanol–water partition coefficient (Wildman–Crippen LogP) is 2.44. The molecule has 3 rings (SSSR count). The number of anilines is 1. The zero-order valence-corrected chi connectivity index (χ0v) is 15.9. The minimum atomic E-state index is -3.58. The molecule has 1 saturated heterocycles. The number of nitrogens with zero attached hydrogens (tertiary/aromatic N) is 3. The van der Waals surface area contributed by atoms with E-state index >= 15 is 0 Å². The standard InChI is InChI=1S/C18H26N4O2S/c1-14-7-6-10-22(13-14)17-9-5-4-8-16(17)11-20-25(23,24)18-12-19-21(3)15(18)2/h4-5,8-9,12,14,20H,6-7,10-11,13H2,1-3H3/t14-/m1/s1. The molecule has 0 bridgehead atoms. The van der Waals surface area contributed by atoms with Gasteiger partial charge in [0, 0.05) is 32.4 Å². The summed E-state index contributed by atoms with van der Waals surface area (Å²) in [6, 6.07) is 8.04. The van der Waals surface area contributed by atoms with Gasteiger partial charge in [0.2, 0.25) is 10.0 Å². The molecule has 1 fully saturated rings. The second-order valence-electron chi connectivity index (χ2n) is 6.86. The van der Waals surface area contributed by atoms with Crippen LogP contribution in [0.25, 0.3) is 0 Å². The van der Waals surface area contributed by atoms with Crippen molar-refractivity contribution in [1.82, 2.24) is 14.5 Å². The molecule has 2 heterocycles. The van der Waals surface area contributed by atoms with Gasteiger partial charge in [0.05, 0.1) is 11.9 Å². The lowest BCUT2D eigenvalue weighted by molar-refractivity contribution is 0.446. The third-order valence-electron chi connectivity index (χ3n) is 4.92. The Morgan fingerprint density at radius 3 is 2.76 bits per heavy atom. The van der Waals surface area contributed by atoms with Gasteiger partial charge in [0.15, 0.2) is 0 Å². The molecule has 0 aliphatic carbocycles. The molecule has 2 aromatic rings. The Morgan fingerprint density at radius 2 is 2.08 bits per heavy atom. The van der Waals surface area contributed by atoms with Crippen LogP contribution in [0.4, 0.5) is 5.69 Å². The second-order valence-corrected chi connectivity index (χ2v) is 8.60. The zero-order valence-electron chi connectivity index (χ0n) is 15.1. The summed E-state index contributed by atoms with van der Waals surface area (Å²) in [4.78, 5) is 2.60. The number of benzene rings is 1. The number of nitrogens with one attached hydrogen (secondary N) is 1. The molecule has 7 heteroatoms. The second kappa shape index (κ2) is 7.17. The minimum Gasteiger partial charge on any atom is -0.371 e. The number of aryl methyl sites for hydroxylation is 1. The Balaban J connectivity index is 1.78. The molecule has 6 nitrogen and oxygen atoms in total. The van der Waals surface area contributed by atoms with Crippen LogP contribution in [0.1, 0.15) is 31.0 Å². The molecule has 0 spiro atoms. The molecule has 1 aliphatic rings. The van der Waals surface area contributed by atoms with E-state index in [9.17, 15) is 8.42 Å². The van der Waals surface area contributed by atoms with E-state index in [1.807, 2.05) is 18.2 Å². The van der Waals surface area contributed by atoms with Gasteiger partial charge in [-0.15, -0.1) is 0 Å². The van der Waals surface area contributed by atoms with Gasteiger partial charge in [0.1, 0.15) is 4.90 Å². The van der Waals surface area contributed by atoms with Crippen LogP contribution in [0.5, 0.6) is 0 Å². The van der Waals surface area contributed by atoms with Gasteiger partial charge in [-0.25, -0.2) is 13.1 Å². The fraction of sp³-hybridized carbons (Fsp3) is 0.500. The van der Waals surface area contributed by atoms with Crippen LogP contribution >= 0.6 is 0 Å². The first-order valence-electron chi connectivity index (χ1n) is 8.69. The first kappa shape index (κ1) is 17.9. The topological polar surface area (TPSA) is 67.2 Å². The number of para-hydroxylation sites is 1. The van der Waals surface area contributed by atoms with E-state index in [-0.39, 0.29) is 11.4 Å². The molecule has 136 valence electrons. The van der Waals surface area contributed by atoms with E-state index in [1.165, 1.54) is 19.0 Å².